The molecular weight excluding hydrogens is 364 g/mol. The van der Waals surface area contributed by atoms with Gasteiger partial charge in [-0.25, -0.2) is 0 Å². The lowest BCUT2D eigenvalue weighted by molar-refractivity contribution is -0.120. The highest BCUT2D eigenvalue weighted by molar-refractivity contribution is 5.82. The van der Waals surface area contributed by atoms with Gasteiger partial charge in [-0.05, 0) is 50.4 Å². The molecule has 1 unspecified atom stereocenters. The first kappa shape index (κ1) is 21.4. The van der Waals surface area contributed by atoms with Crippen LogP contribution >= 0.6 is 0 Å². The van der Waals surface area contributed by atoms with Gasteiger partial charge in [-0.15, -0.1) is 0 Å². The predicted molar refractivity (Wildman–Crippen MR) is 119 cm³/mol. The summed E-state index contributed by atoms with van der Waals surface area (Å²) in [7, 11) is 1.81. The van der Waals surface area contributed by atoms with E-state index in [1.54, 1.807) is 0 Å². The van der Waals surface area contributed by atoms with Gasteiger partial charge in [-0.3, -0.25) is 9.79 Å². The van der Waals surface area contributed by atoms with Crippen molar-refractivity contribution in [2.45, 2.75) is 45.2 Å². The second kappa shape index (κ2) is 11.0. The van der Waals surface area contributed by atoms with Crippen LogP contribution in [0.25, 0.3) is 0 Å². The Labute approximate surface area is 174 Å². The number of nitrogens with one attached hydrogen (secondary N) is 3. The molecule has 1 atom stereocenters. The Balaban J connectivity index is 1.37. The zero-order valence-electron chi connectivity index (χ0n) is 17.9. The molecular formula is C22H36N6O. The van der Waals surface area contributed by atoms with E-state index in [9.17, 15) is 4.79 Å². The van der Waals surface area contributed by atoms with Crippen LogP contribution in [0.4, 0.5) is 5.69 Å². The zero-order chi connectivity index (χ0) is 20.5. The molecule has 0 spiro atoms. The van der Waals surface area contributed by atoms with Gasteiger partial charge in [0.25, 0.3) is 0 Å². The molecule has 1 aromatic rings. The fraction of sp³-hybridized carbons (Fsp3) is 0.636. The van der Waals surface area contributed by atoms with E-state index in [1.807, 2.05) is 7.05 Å². The van der Waals surface area contributed by atoms with Crippen LogP contribution in [-0.4, -0.2) is 69.1 Å². The number of guanidine groups is 1. The number of anilines is 1. The maximum Gasteiger partial charge on any atom is 0.239 e. The zero-order valence-corrected chi connectivity index (χ0v) is 17.9. The van der Waals surface area contributed by atoms with Crippen LogP contribution < -0.4 is 20.9 Å². The van der Waals surface area contributed by atoms with E-state index < -0.39 is 0 Å². The number of piperidine rings is 1. The largest absolute Gasteiger partial charge is 0.360 e. The van der Waals surface area contributed by atoms with Crippen molar-refractivity contribution in [3.8, 4) is 0 Å². The van der Waals surface area contributed by atoms with Crippen molar-refractivity contribution in [2.75, 3.05) is 51.2 Å². The lowest BCUT2D eigenvalue weighted by atomic mass is 10.0. The van der Waals surface area contributed by atoms with E-state index in [4.69, 9.17) is 0 Å². The first-order valence-electron chi connectivity index (χ1n) is 10.9. The summed E-state index contributed by atoms with van der Waals surface area (Å²) in [5.74, 6) is 0.931. The summed E-state index contributed by atoms with van der Waals surface area (Å²) in [5.41, 5.74) is 2.29. The number of carbonyl (C=O) groups is 1. The molecule has 2 aliphatic rings. The molecule has 0 radical (unpaired) electrons. The summed E-state index contributed by atoms with van der Waals surface area (Å²) in [5, 5.41) is 9.67. The van der Waals surface area contributed by atoms with Crippen molar-refractivity contribution in [2.24, 2.45) is 4.99 Å². The number of rotatable bonds is 7. The van der Waals surface area contributed by atoms with Crippen LogP contribution in [-0.2, 0) is 11.3 Å². The molecule has 2 saturated heterocycles. The van der Waals surface area contributed by atoms with E-state index in [1.165, 1.54) is 31.4 Å². The summed E-state index contributed by atoms with van der Waals surface area (Å²) in [6.07, 6.45) is 5.18. The van der Waals surface area contributed by atoms with Crippen molar-refractivity contribution >= 4 is 17.6 Å². The van der Waals surface area contributed by atoms with Gasteiger partial charge in [-0.1, -0.05) is 18.6 Å². The minimum absolute atomic E-state index is 0.0895. The highest BCUT2D eigenvalue weighted by atomic mass is 16.2. The number of hydrogen-bond donors (Lipinski definition) is 3. The van der Waals surface area contributed by atoms with Gasteiger partial charge >= 0.3 is 0 Å². The van der Waals surface area contributed by atoms with Crippen molar-refractivity contribution in [1.82, 2.24) is 20.9 Å². The minimum Gasteiger partial charge on any atom is -0.360 e. The Hall–Kier alpha value is -2.28. The summed E-state index contributed by atoms with van der Waals surface area (Å²) >= 11 is 0. The molecule has 3 N–H and O–H groups in total. The molecule has 29 heavy (non-hydrogen) atoms. The number of amides is 1. The third-order valence-electron chi connectivity index (χ3n) is 5.88. The second-order valence-corrected chi connectivity index (χ2v) is 8.02. The summed E-state index contributed by atoms with van der Waals surface area (Å²) in [4.78, 5) is 20.6. The van der Waals surface area contributed by atoms with E-state index in [-0.39, 0.29) is 5.91 Å². The number of piperazine rings is 1. The van der Waals surface area contributed by atoms with Crippen LogP contribution in [0, 0.1) is 0 Å². The Kier molecular flexibility index (Phi) is 8.16. The molecule has 160 valence electrons. The molecule has 0 aliphatic carbocycles. The van der Waals surface area contributed by atoms with E-state index in [2.05, 4.69) is 61.9 Å². The second-order valence-electron chi connectivity index (χ2n) is 8.02. The number of carbonyl (C=O) groups excluding carboxylic acids is 1. The maximum absolute atomic E-state index is 11.6. The SMILES string of the molecule is CN=C(NCCCN1CCCCC1C)NCc1ccc(N2CCNC(=O)C2)cc1. The molecule has 7 nitrogen and oxygen atoms in total. The lowest BCUT2D eigenvalue weighted by Crippen LogP contribution is -2.47. The normalized spacial score (nSPS) is 21.0. The third kappa shape index (κ3) is 6.63. The quantitative estimate of drug-likeness (QED) is 0.368. The predicted octanol–water partition coefficient (Wildman–Crippen LogP) is 1.55. The fourth-order valence-corrected chi connectivity index (χ4v) is 4.07. The summed E-state index contributed by atoms with van der Waals surface area (Å²) in [6, 6.07) is 9.13. The van der Waals surface area contributed by atoms with Crippen LogP contribution in [0.3, 0.4) is 0 Å². The van der Waals surface area contributed by atoms with Crippen LogP contribution in [0.15, 0.2) is 29.3 Å². The van der Waals surface area contributed by atoms with Gasteiger partial charge in [0, 0.05) is 51.5 Å². The summed E-state index contributed by atoms with van der Waals surface area (Å²) in [6.45, 7) is 8.40. The van der Waals surface area contributed by atoms with Crippen molar-refractivity contribution in [3.05, 3.63) is 29.8 Å². The first-order chi connectivity index (χ1) is 14.2. The summed E-state index contributed by atoms with van der Waals surface area (Å²) < 4.78 is 0. The van der Waals surface area contributed by atoms with Gasteiger partial charge in [0.05, 0.1) is 6.54 Å². The average molecular weight is 401 g/mol. The van der Waals surface area contributed by atoms with Crippen LogP contribution in [0.5, 0.6) is 0 Å². The van der Waals surface area contributed by atoms with Crippen molar-refractivity contribution in [3.63, 3.8) is 0 Å². The molecule has 0 bridgehead atoms. The molecule has 2 heterocycles. The van der Waals surface area contributed by atoms with Gasteiger partial charge in [-0.2, -0.15) is 0 Å². The fourth-order valence-electron chi connectivity index (χ4n) is 4.07. The van der Waals surface area contributed by atoms with Crippen molar-refractivity contribution in [1.29, 1.82) is 0 Å². The monoisotopic (exact) mass is 400 g/mol. The number of hydrogen-bond acceptors (Lipinski definition) is 4. The Morgan fingerprint density at radius 2 is 2.03 bits per heavy atom. The van der Waals surface area contributed by atoms with Gasteiger partial charge in [0.1, 0.15) is 0 Å². The molecule has 0 saturated carbocycles. The number of nitrogens with zero attached hydrogens (tertiary/aromatic N) is 3. The number of likely N-dealkylation sites (tertiary alicyclic amines) is 1. The van der Waals surface area contributed by atoms with Gasteiger partial charge in [0.15, 0.2) is 5.96 Å². The van der Waals surface area contributed by atoms with Crippen LogP contribution in [0.2, 0.25) is 0 Å². The van der Waals surface area contributed by atoms with Crippen LogP contribution in [0.1, 0.15) is 38.2 Å². The molecule has 3 rings (SSSR count). The van der Waals surface area contributed by atoms with Gasteiger partial charge < -0.3 is 25.8 Å². The third-order valence-corrected chi connectivity index (χ3v) is 5.88. The molecule has 7 heteroatoms. The smallest absolute Gasteiger partial charge is 0.239 e. The number of benzene rings is 1. The highest BCUT2D eigenvalue weighted by Gasteiger charge is 2.17. The molecule has 2 aliphatic heterocycles. The Bertz CT molecular complexity index is 674. The van der Waals surface area contributed by atoms with Crippen molar-refractivity contribution < 1.29 is 4.79 Å². The van der Waals surface area contributed by atoms with E-state index >= 15 is 0 Å². The molecule has 1 amide bonds. The maximum atomic E-state index is 11.6. The minimum atomic E-state index is 0.0895. The lowest BCUT2D eigenvalue weighted by Gasteiger charge is -2.33. The molecule has 1 aromatic carbocycles. The first-order valence-corrected chi connectivity index (χ1v) is 10.9. The Morgan fingerprint density at radius 3 is 2.76 bits per heavy atom. The standard InChI is InChI=1S/C22H36N6O/c1-18-6-3-4-13-27(18)14-5-11-25-22(23-2)26-16-19-7-9-20(10-8-19)28-15-12-24-21(29)17-28/h7-10,18H,3-6,11-17H2,1-2H3,(H,24,29)(H2,23,25,26). The van der Waals surface area contributed by atoms with E-state index in [0.29, 0.717) is 13.1 Å². The molecule has 2 fully saturated rings. The average Bonchev–Trinajstić information content (AvgIpc) is 2.75. The number of aliphatic imine (C=N–C) groups is 1. The van der Waals surface area contributed by atoms with E-state index in [0.717, 1.165) is 50.3 Å². The Morgan fingerprint density at radius 1 is 1.21 bits per heavy atom. The topological polar surface area (TPSA) is 72.0 Å². The molecule has 0 aromatic heterocycles. The van der Waals surface area contributed by atoms with Gasteiger partial charge in [0.2, 0.25) is 5.91 Å². The highest BCUT2D eigenvalue weighted by Crippen LogP contribution is 2.17.